The summed E-state index contributed by atoms with van der Waals surface area (Å²) < 4.78 is 5.47. The van der Waals surface area contributed by atoms with Gasteiger partial charge in [0.1, 0.15) is 5.75 Å². The van der Waals surface area contributed by atoms with Gasteiger partial charge in [0.2, 0.25) is 0 Å². The number of benzene rings is 1. The standard InChI is InChI=1S/C17H26ClNO/c1-16(2)6-8-17(12-19,9-7-16)11-13-10-14(18)4-5-15(13)20-3/h4-5,10H,6-9,11-12,19H2,1-3H3. The fraction of sp³-hybridized carbons (Fsp3) is 0.647. The average Bonchev–Trinajstić information content (AvgIpc) is 2.42. The molecule has 0 saturated heterocycles. The molecule has 1 aromatic carbocycles. The van der Waals surface area contributed by atoms with Crippen LogP contribution in [0.1, 0.15) is 45.1 Å². The molecule has 1 saturated carbocycles. The number of halogens is 1. The van der Waals surface area contributed by atoms with Gasteiger partial charge in [-0.1, -0.05) is 25.4 Å². The van der Waals surface area contributed by atoms with E-state index in [-0.39, 0.29) is 5.41 Å². The fourth-order valence-electron chi connectivity index (χ4n) is 3.20. The van der Waals surface area contributed by atoms with E-state index >= 15 is 0 Å². The molecule has 1 fully saturated rings. The monoisotopic (exact) mass is 295 g/mol. The molecule has 0 spiro atoms. The molecule has 0 aliphatic heterocycles. The molecule has 3 heteroatoms. The van der Waals surface area contributed by atoms with E-state index in [0.29, 0.717) is 5.41 Å². The minimum Gasteiger partial charge on any atom is -0.496 e. The summed E-state index contributed by atoms with van der Waals surface area (Å²) in [6.45, 7) is 5.44. The van der Waals surface area contributed by atoms with Crippen LogP contribution in [0.3, 0.4) is 0 Å². The summed E-state index contributed by atoms with van der Waals surface area (Å²) in [6, 6.07) is 5.86. The van der Waals surface area contributed by atoms with Crippen LogP contribution in [0.2, 0.25) is 5.02 Å². The summed E-state index contributed by atoms with van der Waals surface area (Å²) in [6.07, 6.45) is 5.82. The van der Waals surface area contributed by atoms with Crippen molar-refractivity contribution in [1.29, 1.82) is 0 Å². The highest BCUT2D eigenvalue weighted by atomic mass is 35.5. The highest BCUT2D eigenvalue weighted by Gasteiger charge is 2.37. The van der Waals surface area contributed by atoms with Crippen molar-refractivity contribution in [2.45, 2.75) is 46.0 Å². The van der Waals surface area contributed by atoms with Crippen LogP contribution in [-0.4, -0.2) is 13.7 Å². The second-order valence-corrected chi connectivity index (χ2v) is 7.44. The Labute approximate surface area is 127 Å². The SMILES string of the molecule is COc1ccc(Cl)cc1CC1(CN)CCC(C)(C)CC1. The Hall–Kier alpha value is -0.730. The first-order chi connectivity index (χ1) is 9.40. The van der Waals surface area contributed by atoms with Crippen molar-refractivity contribution in [3.05, 3.63) is 28.8 Å². The Balaban J connectivity index is 2.20. The van der Waals surface area contributed by atoms with Crippen molar-refractivity contribution in [3.63, 3.8) is 0 Å². The quantitative estimate of drug-likeness (QED) is 0.891. The van der Waals surface area contributed by atoms with E-state index in [9.17, 15) is 0 Å². The third-order valence-electron chi connectivity index (χ3n) is 4.91. The number of hydrogen-bond acceptors (Lipinski definition) is 2. The smallest absolute Gasteiger partial charge is 0.122 e. The summed E-state index contributed by atoms with van der Waals surface area (Å²) in [5.74, 6) is 0.923. The lowest BCUT2D eigenvalue weighted by Gasteiger charge is -2.43. The molecule has 1 aromatic rings. The Morgan fingerprint density at radius 1 is 1.20 bits per heavy atom. The minimum atomic E-state index is 0.202. The number of nitrogens with two attached hydrogens (primary N) is 1. The number of methoxy groups -OCH3 is 1. The van der Waals surface area contributed by atoms with E-state index in [0.717, 1.165) is 23.7 Å². The lowest BCUT2D eigenvalue weighted by Crippen LogP contribution is -2.39. The summed E-state index contributed by atoms with van der Waals surface area (Å²) >= 11 is 6.14. The van der Waals surface area contributed by atoms with Crippen molar-refractivity contribution in [3.8, 4) is 5.75 Å². The third-order valence-corrected chi connectivity index (χ3v) is 5.14. The first kappa shape index (κ1) is 15.7. The molecule has 20 heavy (non-hydrogen) atoms. The zero-order chi connectivity index (χ0) is 14.8. The largest absolute Gasteiger partial charge is 0.496 e. The van der Waals surface area contributed by atoms with Gasteiger partial charge in [-0.15, -0.1) is 0 Å². The van der Waals surface area contributed by atoms with Gasteiger partial charge < -0.3 is 10.5 Å². The average molecular weight is 296 g/mol. The van der Waals surface area contributed by atoms with E-state index in [1.54, 1.807) is 7.11 Å². The zero-order valence-corrected chi connectivity index (χ0v) is 13.6. The van der Waals surface area contributed by atoms with E-state index in [2.05, 4.69) is 13.8 Å². The zero-order valence-electron chi connectivity index (χ0n) is 12.8. The van der Waals surface area contributed by atoms with Gasteiger partial charge in [0.25, 0.3) is 0 Å². The van der Waals surface area contributed by atoms with Crippen LogP contribution in [0.15, 0.2) is 18.2 Å². The Morgan fingerprint density at radius 2 is 1.85 bits per heavy atom. The second kappa shape index (κ2) is 5.95. The molecule has 0 heterocycles. The van der Waals surface area contributed by atoms with Crippen molar-refractivity contribution in [2.75, 3.05) is 13.7 Å². The van der Waals surface area contributed by atoms with Crippen LogP contribution < -0.4 is 10.5 Å². The molecule has 2 rings (SSSR count). The molecule has 0 atom stereocenters. The fourth-order valence-corrected chi connectivity index (χ4v) is 3.39. The van der Waals surface area contributed by atoms with Crippen molar-refractivity contribution in [2.24, 2.45) is 16.6 Å². The first-order valence-electron chi connectivity index (χ1n) is 7.42. The maximum atomic E-state index is 6.14. The van der Waals surface area contributed by atoms with E-state index in [1.165, 1.54) is 31.2 Å². The summed E-state index contributed by atoms with van der Waals surface area (Å²) in [5, 5.41) is 0.768. The Morgan fingerprint density at radius 3 is 2.40 bits per heavy atom. The lowest BCUT2D eigenvalue weighted by atomic mass is 9.63. The summed E-state index contributed by atoms with van der Waals surface area (Å²) in [7, 11) is 1.71. The van der Waals surface area contributed by atoms with Gasteiger partial charge in [-0.3, -0.25) is 0 Å². The Kier molecular flexibility index (Phi) is 4.66. The normalized spacial score (nSPS) is 20.6. The molecular formula is C17H26ClNO. The lowest BCUT2D eigenvalue weighted by molar-refractivity contribution is 0.107. The van der Waals surface area contributed by atoms with Gasteiger partial charge in [0.05, 0.1) is 7.11 Å². The van der Waals surface area contributed by atoms with Crippen LogP contribution >= 0.6 is 11.6 Å². The van der Waals surface area contributed by atoms with Crippen molar-refractivity contribution < 1.29 is 4.74 Å². The molecule has 112 valence electrons. The molecule has 0 aromatic heterocycles. The van der Waals surface area contributed by atoms with E-state index < -0.39 is 0 Å². The number of hydrogen-bond donors (Lipinski definition) is 1. The molecule has 1 aliphatic carbocycles. The van der Waals surface area contributed by atoms with Crippen LogP contribution in [0.5, 0.6) is 5.75 Å². The molecule has 2 nitrogen and oxygen atoms in total. The Bertz CT molecular complexity index is 460. The number of rotatable bonds is 4. The predicted molar refractivity (Wildman–Crippen MR) is 85.4 cm³/mol. The summed E-state index contributed by atoms with van der Waals surface area (Å²) in [4.78, 5) is 0. The highest BCUT2D eigenvalue weighted by molar-refractivity contribution is 6.30. The second-order valence-electron chi connectivity index (χ2n) is 7.00. The molecule has 1 aliphatic rings. The van der Waals surface area contributed by atoms with Crippen molar-refractivity contribution in [1.82, 2.24) is 0 Å². The van der Waals surface area contributed by atoms with Gasteiger partial charge in [0, 0.05) is 5.02 Å². The maximum absolute atomic E-state index is 6.14. The maximum Gasteiger partial charge on any atom is 0.122 e. The van der Waals surface area contributed by atoms with Gasteiger partial charge in [0.15, 0.2) is 0 Å². The molecule has 0 bridgehead atoms. The minimum absolute atomic E-state index is 0.202. The van der Waals surface area contributed by atoms with Gasteiger partial charge in [-0.2, -0.15) is 0 Å². The van der Waals surface area contributed by atoms with E-state index in [4.69, 9.17) is 22.1 Å². The molecule has 2 N–H and O–H groups in total. The molecule has 0 unspecified atom stereocenters. The summed E-state index contributed by atoms with van der Waals surface area (Å²) in [5.41, 5.74) is 7.97. The van der Waals surface area contributed by atoms with Crippen LogP contribution in [0, 0.1) is 10.8 Å². The highest BCUT2D eigenvalue weighted by Crippen LogP contribution is 2.47. The van der Waals surface area contributed by atoms with Crippen LogP contribution in [-0.2, 0) is 6.42 Å². The van der Waals surface area contributed by atoms with Gasteiger partial charge in [-0.05, 0) is 73.2 Å². The predicted octanol–water partition coefficient (Wildman–Crippen LogP) is 4.44. The number of ether oxygens (including phenoxy) is 1. The topological polar surface area (TPSA) is 35.2 Å². The van der Waals surface area contributed by atoms with Crippen LogP contribution in [0.4, 0.5) is 0 Å². The first-order valence-corrected chi connectivity index (χ1v) is 7.80. The molecule has 0 amide bonds. The van der Waals surface area contributed by atoms with Crippen LogP contribution in [0.25, 0.3) is 0 Å². The third kappa shape index (κ3) is 3.48. The van der Waals surface area contributed by atoms with Gasteiger partial charge in [-0.25, -0.2) is 0 Å². The van der Waals surface area contributed by atoms with Gasteiger partial charge >= 0.3 is 0 Å². The van der Waals surface area contributed by atoms with E-state index in [1.807, 2.05) is 18.2 Å². The molecule has 0 radical (unpaired) electrons. The van der Waals surface area contributed by atoms with Crippen molar-refractivity contribution >= 4 is 11.6 Å². The molecular weight excluding hydrogens is 270 g/mol.